The van der Waals surface area contributed by atoms with Crippen molar-refractivity contribution in [3.8, 4) is 0 Å². The SMILES string of the molecule is NN/C(S)=C(\N)P. The van der Waals surface area contributed by atoms with Crippen LogP contribution in [0.1, 0.15) is 0 Å². The molecular weight excluding hydrogens is 129 g/mol. The van der Waals surface area contributed by atoms with Crippen LogP contribution in [-0.4, -0.2) is 0 Å². The summed E-state index contributed by atoms with van der Waals surface area (Å²) in [6.07, 6.45) is 0. The molecule has 5 heteroatoms. The van der Waals surface area contributed by atoms with Gasteiger partial charge in [0.1, 0.15) is 5.03 Å². The van der Waals surface area contributed by atoms with Gasteiger partial charge in [-0.1, -0.05) is 9.24 Å². The number of hydrogen-bond donors (Lipinski definition) is 4. The Labute approximate surface area is 50.1 Å². The summed E-state index contributed by atoms with van der Waals surface area (Å²) in [6, 6.07) is 0. The molecule has 0 aromatic heterocycles. The first-order valence-electron chi connectivity index (χ1n) is 1.59. The van der Waals surface area contributed by atoms with E-state index in [4.69, 9.17) is 11.6 Å². The first-order chi connectivity index (χ1) is 3.18. The van der Waals surface area contributed by atoms with Gasteiger partial charge in [-0.25, -0.2) is 5.84 Å². The fraction of sp³-hybridized carbons (Fsp3) is 0. The molecule has 0 aromatic carbocycles. The zero-order valence-corrected chi connectivity index (χ0v) is 5.73. The fourth-order valence-corrected chi connectivity index (χ4v) is 0.167. The van der Waals surface area contributed by atoms with Crippen LogP contribution in [0.2, 0.25) is 0 Å². The largest absolute Gasteiger partial charge is 0.397 e. The van der Waals surface area contributed by atoms with Gasteiger partial charge in [-0.15, -0.1) is 12.6 Å². The Bertz CT molecular complexity index is 86.9. The normalized spacial score (nSPS) is 13.0. The minimum absolute atomic E-state index is 0.477. The molecule has 7 heavy (non-hydrogen) atoms. The number of hydrazine groups is 1. The maximum Gasteiger partial charge on any atom is 0.102 e. The van der Waals surface area contributed by atoms with Crippen LogP contribution in [0.3, 0.4) is 0 Å². The second kappa shape index (κ2) is 3.13. The number of nitrogens with two attached hydrogens (primary N) is 2. The molecule has 0 aliphatic rings. The number of nitrogens with one attached hydrogen (secondary N) is 1. The van der Waals surface area contributed by atoms with Crippen LogP contribution >= 0.6 is 21.9 Å². The van der Waals surface area contributed by atoms with E-state index in [9.17, 15) is 0 Å². The van der Waals surface area contributed by atoms with Crippen molar-refractivity contribution in [2.45, 2.75) is 0 Å². The highest BCUT2D eigenvalue weighted by molar-refractivity contribution is 7.84. The van der Waals surface area contributed by atoms with Crippen LogP contribution in [0.4, 0.5) is 0 Å². The molecule has 0 fully saturated rings. The molecule has 0 radical (unpaired) electrons. The lowest BCUT2D eigenvalue weighted by Crippen LogP contribution is -2.19. The fourth-order valence-electron chi connectivity index (χ4n) is 0.0833. The van der Waals surface area contributed by atoms with E-state index in [1.165, 1.54) is 0 Å². The molecule has 1 unspecified atom stereocenters. The van der Waals surface area contributed by atoms with Crippen molar-refractivity contribution in [1.29, 1.82) is 0 Å². The summed E-state index contributed by atoms with van der Waals surface area (Å²) in [7, 11) is 2.26. The van der Waals surface area contributed by atoms with Crippen LogP contribution in [0, 0.1) is 0 Å². The second-order valence-corrected chi connectivity index (χ2v) is 2.02. The van der Waals surface area contributed by atoms with Crippen molar-refractivity contribution in [3.63, 3.8) is 0 Å². The topological polar surface area (TPSA) is 64.1 Å². The summed E-state index contributed by atoms with van der Waals surface area (Å²) in [5.41, 5.74) is 7.94. The zero-order valence-electron chi connectivity index (χ0n) is 3.68. The van der Waals surface area contributed by atoms with Crippen molar-refractivity contribution in [2.24, 2.45) is 11.6 Å². The van der Waals surface area contributed by atoms with Crippen LogP contribution in [-0.2, 0) is 0 Å². The van der Waals surface area contributed by atoms with Gasteiger partial charge >= 0.3 is 0 Å². The summed E-state index contributed by atoms with van der Waals surface area (Å²) in [4.78, 5) is 0. The molecule has 0 aliphatic heterocycles. The molecule has 0 aromatic rings. The summed E-state index contributed by atoms with van der Waals surface area (Å²) >= 11 is 3.82. The van der Waals surface area contributed by atoms with E-state index < -0.39 is 0 Å². The van der Waals surface area contributed by atoms with Crippen LogP contribution < -0.4 is 17.0 Å². The van der Waals surface area contributed by atoms with Crippen LogP contribution in [0.25, 0.3) is 0 Å². The predicted octanol–water partition coefficient (Wildman–Crippen LogP) is -0.660. The highest BCUT2D eigenvalue weighted by Gasteiger charge is 1.84. The van der Waals surface area contributed by atoms with Gasteiger partial charge in [0.15, 0.2) is 0 Å². The summed E-state index contributed by atoms with van der Waals surface area (Å²) in [5.74, 6) is 4.90. The van der Waals surface area contributed by atoms with Crippen molar-refractivity contribution in [1.82, 2.24) is 5.43 Å². The zero-order chi connectivity index (χ0) is 5.86. The number of rotatable bonds is 1. The van der Waals surface area contributed by atoms with E-state index in [1.807, 2.05) is 0 Å². The standard InChI is InChI=1S/C2H8N3PS/c3-1(6)2(7)5-4/h5,7H,3-4,6H2/b2-1-. The molecular formula is C2H8N3PS. The van der Waals surface area contributed by atoms with Gasteiger partial charge in [0, 0.05) is 0 Å². The van der Waals surface area contributed by atoms with Gasteiger partial charge in [0.05, 0.1) is 5.44 Å². The Morgan fingerprint density at radius 2 is 2.14 bits per heavy atom. The minimum atomic E-state index is 0.477. The lowest BCUT2D eigenvalue weighted by Gasteiger charge is -1.96. The molecule has 0 amide bonds. The number of thiol groups is 1. The third-order valence-corrected chi connectivity index (χ3v) is 1.33. The number of hydrogen-bond acceptors (Lipinski definition) is 4. The van der Waals surface area contributed by atoms with Gasteiger partial charge < -0.3 is 11.2 Å². The monoisotopic (exact) mass is 137 g/mol. The van der Waals surface area contributed by atoms with Crippen molar-refractivity contribution >= 4 is 21.9 Å². The summed E-state index contributed by atoms with van der Waals surface area (Å²) in [6.45, 7) is 0. The first-order valence-corrected chi connectivity index (χ1v) is 2.61. The van der Waals surface area contributed by atoms with Gasteiger partial charge in [-0.3, -0.25) is 0 Å². The Hall–Kier alpha value is 0.0800. The quantitative estimate of drug-likeness (QED) is 0.168. The maximum absolute atomic E-state index is 5.17. The molecule has 0 spiro atoms. The molecule has 0 rings (SSSR count). The summed E-state index contributed by atoms with van der Waals surface area (Å²) < 4.78 is 0. The minimum Gasteiger partial charge on any atom is -0.397 e. The molecule has 0 heterocycles. The van der Waals surface area contributed by atoms with Gasteiger partial charge in [0.25, 0.3) is 0 Å². The molecule has 1 atom stereocenters. The van der Waals surface area contributed by atoms with E-state index in [1.54, 1.807) is 0 Å². The molecule has 3 nitrogen and oxygen atoms in total. The Kier molecular flexibility index (Phi) is 3.17. The van der Waals surface area contributed by atoms with E-state index in [-0.39, 0.29) is 0 Å². The van der Waals surface area contributed by atoms with Crippen molar-refractivity contribution < 1.29 is 0 Å². The highest BCUT2D eigenvalue weighted by atomic mass is 32.1. The predicted molar refractivity (Wildman–Crippen MR) is 37.2 cm³/mol. The van der Waals surface area contributed by atoms with E-state index in [0.717, 1.165) is 0 Å². The second-order valence-electron chi connectivity index (χ2n) is 0.948. The highest BCUT2D eigenvalue weighted by Crippen LogP contribution is 2.03. The molecule has 0 saturated heterocycles. The lowest BCUT2D eigenvalue weighted by atomic mass is 10.9. The Morgan fingerprint density at radius 3 is 2.14 bits per heavy atom. The maximum atomic E-state index is 5.17. The van der Waals surface area contributed by atoms with Gasteiger partial charge in [-0.05, 0) is 0 Å². The average molecular weight is 137 g/mol. The third kappa shape index (κ3) is 2.74. The smallest absolute Gasteiger partial charge is 0.102 e. The van der Waals surface area contributed by atoms with Crippen molar-refractivity contribution in [2.75, 3.05) is 0 Å². The van der Waals surface area contributed by atoms with E-state index in [2.05, 4.69) is 27.3 Å². The van der Waals surface area contributed by atoms with E-state index in [0.29, 0.717) is 10.5 Å². The Balaban J connectivity index is 3.72. The average Bonchev–Trinajstić information content (AvgIpc) is 1.65. The molecule has 42 valence electrons. The molecule has 0 bridgehead atoms. The van der Waals surface area contributed by atoms with Crippen molar-refractivity contribution in [3.05, 3.63) is 10.5 Å². The van der Waals surface area contributed by atoms with Crippen LogP contribution in [0.5, 0.6) is 0 Å². The lowest BCUT2D eigenvalue weighted by molar-refractivity contribution is 0.943. The van der Waals surface area contributed by atoms with Gasteiger partial charge in [0.2, 0.25) is 0 Å². The summed E-state index contributed by atoms with van der Waals surface area (Å²) in [5, 5.41) is 0.477. The first kappa shape index (κ1) is 7.08. The van der Waals surface area contributed by atoms with Crippen LogP contribution in [0.15, 0.2) is 10.5 Å². The Morgan fingerprint density at radius 1 is 1.71 bits per heavy atom. The third-order valence-electron chi connectivity index (χ3n) is 0.410. The molecule has 0 saturated carbocycles. The van der Waals surface area contributed by atoms with E-state index >= 15 is 0 Å². The van der Waals surface area contributed by atoms with Gasteiger partial charge in [-0.2, -0.15) is 0 Å². The molecule has 5 N–H and O–H groups in total. The molecule has 0 aliphatic carbocycles.